The molecule has 0 nitrogen and oxygen atoms in total. The van der Waals surface area contributed by atoms with Crippen LogP contribution in [0.1, 0.15) is 0 Å². The van der Waals surface area contributed by atoms with Crippen LogP contribution in [0.5, 0.6) is 0 Å². The van der Waals surface area contributed by atoms with Crippen molar-refractivity contribution in [3.8, 4) is 0 Å². The SMILES string of the molecule is c1ccc2c(c1)ccc1c2c2c3ccccc3c2c2c3ccccc3c12. The van der Waals surface area contributed by atoms with Gasteiger partial charge in [0, 0.05) is 0 Å². The van der Waals surface area contributed by atoms with Gasteiger partial charge < -0.3 is 0 Å². The smallest absolute Gasteiger partial charge is 0.000719 e. The van der Waals surface area contributed by atoms with Crippen LogP contribution in [0.25, 0.3) is 64.6 Å². The van der Waals surface area contributed by atoms with Crippen LogP contribution in [-0.2, 0) is 0 Å². The fourth-order valence-electron chi connectivity index (χ4n) is 5.06. The van der Waals surface area contributed by atoms with Crippen molar-refractivity contribution in [2.45, 2.75) is 0 Å². The fraction of sp³-hybridized carbons (Fsp3) is 0. The van der Waals surface area contributed by atoms with E-state index >= 15 is 0 Å². The fourth-order valence-corrected chi connectivity index (χ4v) is 5.06. The first kappa shape index (κ1) is 12.9. The second kappa shape index (κ2) is 4.23. The summed E-state index contributed by atoms with van der Waals surface area (Å²) < 4.78 is 0. The zero-order chi connectivity index (χ0) is 16.8. The molecule has 0 spiro atoms. The molecule has 0 radical (unpaired) electrons. The van der Waals surface area contributed by atoms with Gasteiger partial charge in [0.1, 0.15) is 0 Å². The summed E-state index contributed by atoms with van der Waals surface area (Å²) >= 11 is 0. The van der Waals surface area contributed by atoms with Crippen LogP contribution in [0.4, 0.5) is 0 Å². The largest absolute Gasteiger partial charge is 0.0616 e. The molecule has 0 fully saturated rings. The number of hydrogen-bond acceptors (Lipinski definition) is 0. The summed E-state index contributed by atoms with van der Waals surface area (Å²) in [6.45, 7) is 0. The number of benzene rings is 5. The van der Waals surface area contributed by atoms with E-state index in [1.807, 2.05) is 0 Å². The van der Waals surface area contributed by atoms with Gasteiger partial charge in [0.25, 0.3) is 0 Å². The second-order valence-corrected chi connectivity index (χ2v) is 7.30. The average Bonchev–Trinajstić information content (AvgIpc) is 2.68. The summed E-state index contributed by atoms with van der Waals surface area (Å²) in [5, 5.41) is 16.9. The van der Waals surface area contributed by atoms with Crippen LogP contribution in [-0.4, -0.2) is 0 Å². The van der Waals surface area contributed by atoms with Gasteiger partial charge in [0.2, 0.25) is 0 Å². The lowest BCUT2D eigenvalue weighted by molar-refractivity contribution is 1.79. The Bertz CT molecular complexity index is 1620. The molecule has 0 N–H and O–H groups in total. The van der Waals surface area contributed by atoms with Crippen molar-refractivity contribution in [3.63, 3.8) is 0 Å². The highest BCUT2D eigenvalue weighted by atomic mass is 14.3. The van der Waals surface area contributed by atoms with Gasteiger partial charge in [-0.25, -0.2) is 0 Å². The van der Waals surface area contributed by atoms with E-state index < -0.39 is 0 Å². The van der Waals surface area contributed by atoms with E-state index in [0.717, 1.165) is 0 Å². The zero-order valence-corrected chi connectivity index (χ0v) is 14.1. The monoisotopic (exact) mass is 326 g/mol. The third kappa shape index (κ3) is 1.28. The molecule has 0 saturated carbocycles. The molecule has 0 unspecified atom stereocenters. The molecular weight excluding hydrogens is 312 g/mol. The van der Waals surface area contributed by atoms with Gasteiger partial charge >= 0.3 is 0 Å². The van der Waals surface area contributed by atoms with Gasteiger partial charge in [-0.15, -0.1) is 0 Å². The maximum atomic E-state index is 2.33. The van der Waals surface area contributed by atoms with E-state index in [2.05, 4.69) is 84.9 Å². The Kier molecular flexibility index (Phi) is 2.10. The Balaban J connectivity index is 1.92. The Morgan fingerprint density at radius 2 is 0.692 bits per heavy atom. The number of hydrogen-bond donors (Lipinski definition) is 0. The molecule has 0 aliphatic rings. The normalized spacial score (nSPS) is 12.6. The van der Waals surface area contributed by atoms with Crippen molar-refractivity contribution in [1.82, 2.24) is 0 Å². The van der Waals surface area contributed by atoms with E-state index in [-0.39, 0.29) is 0 Å². The molecule has 0 bridgehead atoms. The quantitative estimate of drug-likeness (QED) is 0.253. The summed E-state index contributed by atoms with van der Waals surface area (Å²) in [4.78, 5) is 0. The van der Waals surface area contributed by atoms with Crippen LogP contribution in [0.2, 0.25) is 0 Å². The second-order valence-electron chi connectivity index (χ2n) is 7.30. The summed E-state index contributed by atoms with van der Waals surface area (Å²) in [6.07, 6.45) is 0. The minimum atomic E-state index is 1.32. The van der Waals surface area contributed by atoms with Crippen molar-refractivity contribution >= 4 is 64.6 Å². The third-order valence-electron chi connectivity index (χ3n) is 6.13. The predicted molar refractivity (Wildman–Crippen MR) is 114 cm³/mol. The minimum absolute atomic E-state index is 1.32. The molecular formula is C26H14. The molecule has 0 heteroatoms. The summed E-state index contributed by atoms with van der Waals surface area (Å²) in [5.41, 5.74) is 0. The molecule has 0 amide bonds. The van der Waals surface area contributed by atoms with E-state index in [1.54, 1.807) is 0 Å². The van der Waals surface area contributed by atoms with Gasteiger partial charge in [0.05, 0.1) is 0 Å². The maximum absolute atomic E-state index is 2.33. The Hall–Kier alpha value is -3.38. The van der Waals surface area contributed by atoms with Crippen LogP contribution in [0, 0.1) is 0 Å². The van der Waals surface area contributed by atoms with E-state index in [0.29, 0.717) is 0 Å². The van der Waals surface area contributed by atoms with Gasteiger partial charge in [-0.05, 0) is 64.6 Å². The molecule has 7 aromatic rings. The predicted octanol–water partition coefficient (Wildman–Crippen LogP) is 7.48. The summed E-state index contributed by atoms with van der Waals surface area (Å²) in [5.74, 6) is 0. The molecule has 0 atom stereocenters. The molecule has 0 aliphatic heterocycles. The number of rotatable bonds is 0. The Morgan fingerprint density at radius 1 is 0.269 bits per heavy atom. The Morgan fingerprint density at radius 3 is 1.31 bits per heavy atom. The van der Waals surface area contributed by atoms with Crippen molar-refractivity contribution in [1.29, 1.82) is 0 Å². The first-order valence-corrected chi connectivity index (χ1v) is 9.14. The minimum Gasteiger partial charge on any atom is -0.0616 e. The van der Waals surface area contributed by atoms with Gasteiger partial charge in [-0.3, -0.25) is 0 Å². The van der Waals surface area contributed by atoms with Crippen LogP contribution in [0.15, 0.2) is 84.9 Å². The van der Waals surface area contributed by atoms with Gasteiger partial charge in [0.15, 0.2) is 0 Å². The lowest BCUT2D eigenvalue weighted by atomic mass is 9.79. The van der Waals surface area contributed by atoms with Crippen LogP contribution >= 0.6 is 0 Å². The molecule has 0 saturated heterocycles. The lowest BCUT2D eigenvalue weighted by Crippen LogP contribution is -1.95. The van der Waals surface area contributed by atoms with E-state index in [1.165, 1.54) is 64.6 Å². The van der Waals surface area contributed by atoms with Crippen LogP contribution in [0.3, 0.4) is 0 Å². The summed E-state index contributed by atoms with van der Waals surface area (Å²) in [6, 6.07) is 31.1. The first-order valence-electron chi connectivity index (χ1n) is 9.14. The van der Waals surface area contributed by atoms with Crippen LogP contribution < -0.4 is 0 Å². The van der Waals surface area contributed by atoms with Gasteiger partial charge in [-0.1, -0.05) is 84.9 Å². The highest BCUT2D eigenvalue weighted by Crippen LogP contribution is 2.52. The molecule has 0 aromatic heterocycles. The molecule has 7 rings (SSSR count). The molecule has 0 aliphatic carbocycles. The lowest BCUT2D eigenvalue weighted by Gasteiger charge is -2.23. The summed E-state index contributed by atoms with van der Waals surface area (Å²) in [7, 11) is 0. The molecule has 7 aromatic carbocycles. The van der Waals surface area contributed by atoms with E-state index in [4.69, 9.17) is 0 Å². The van der Waals surface area contributed by atoms with Crippen molar-refractivity contribution in [2.75, 3.05) is 0 Å². The molecule has 118 valence electrons. The highest BCUT2D eigenvalue weighted by Gasteiger charge is 2.23. The average molecular weight is 326 g/mol. The maximum Gasteiger partial charge on any atom is -0.000719 e. The molecule has 0 heterocycles. The Labute approximate surface area is 149 Å². The van der Waals surface area contributed by atoms with E-state index in [9.17, 15) is 0 Å². The van der Waals surface area contributed by atoms with Crippen molar-refractivity contribution in [3.05, 3.63) is 84.9 Å². The van der Waals surface area contributed by atoms with Crippen molar-refractivity contribution in [2.24, 2.45) is 0 Å². The zero-order valence-electron chi connectivity index (χ0n) is 14.1. The topological polar surface area (TPSA) is 0 Å². The third-order valence-corrected chi connectivity index (χ3v) is 6.13. The highest BCUT2D eigenvalue weighted by molar-refractivity contribution is 6.52. The standard InChI is InChI=1S/C26H14/c1-2-8-16-15(7-1)13-14-21-22(16)24-19-11-5-6-12-20(19)26(24)25-18-10-4-3-9-17(18)23(21)25/h1-14H. The van der Waals surface area contributed by atoms with Crippen molar-refractivity contribution < 1.29 is 0 Å². The molecule has 26 heavy (non-hydrogen) atoms. The number of fused-ring (bicyclic) bond motifs is 14. The first-order chi connectivity index (χ1) is 12.9. The van der Waals surface area contributed by atoms with Gasteiger partial charge in [-0.2, -0.15) is 0 Å².